The molecule has 0 saturated heterocycles. The summed E-state index contributed by atoms with van der Waals surface area (Å²) in [4.78, 5) is 36.1. The summed E-state index contributed by atoms with van der Waals surface area (Å²) in [5, 5.41) is 11.5. The van der Waals surface area contributed by atoms with Crippen molar-refractivity contribution in [3.8, 4) is 0 Å². The Balaban J connectivity index is 4.61. The number of rotatable bonds is 26. The lowest BCUT2D eigenvalue weighted by Gasteiger charge is -2.34. The normalized spacial score (nSPS) is 13.5. The quantitative estimate of drug-likeness (QED) is 0.0606. The van der Waals surface area contributed by atoms with Crippen LogP contribution in [0.2, 0.25) is 0 Å². The van der Waals surface area contributed by atoms with Gasteiger partial charge in [-0.15, -0.1) is 0 Å². The lowest BCUT2D eigenvalue weighted by Crippen LogP contribution is -2.55. The van der Waals surface area contributed by atoms with Crippen molar-refractivity contribution >= 4 is 17.9 Å². The van der Waals surface area contributed by atoms with Gasteiger partial charge in [0, 0.05) is 19.3 Å². The Kier molecular flexibility index (Phi) is 23.2. The molecule has 2 unspecified atom stereocenters. The summed E-state index contributed by atoms with van der Waals surface area (Å²) in [6, 6.07) is -0.728. The number of carboxylic acid groups (broad SMARTS) is 1. The van der Waals surface area contributed by atoms with Crippen LogP contribution in [0, 0.1) is 0 Å². The number of hydrogen-bond acceptors (Lipinski definition) is 7. The lowest BCUT2D eigenvalue weighted by molar-refractivity contribution is -0.889. The standard InChI is InChI=1S/C32H57NO7/c1-6-8-10-12-14-15-17-18-20-22-30(34)39-27-28(26-38-25-24-29(32(36)37)33(3,4)5)40-31(35)23-21-19-16-13-11-9-7-2/h15-17,19,28-29H,6-14,18,20-27H2,1-5H3/b17-15+,19-16+. The van der Waals surface area contributed by atoms with Gasteiger partial charge in [-0.2, -0.15) is 0 Å². The van der Waals surface area contributed by atoms with E-state index < -0.39 is 18.1 Å². The Morgan fingerprint density at radius 2 is 1.30 bits per heavy atom. The Morgan fingerprint density at radius 3 is 1.90 bits per heavy atom. The van der Waals surface area contributed by atoms with Gasteiger partial charge in [-0.25, -0.2) is 0 Å². The van der Waals surface area contributed by atoms with E-state index in [-0.39, 0.29) is 49.1 Å². The first-order valence-corrected chi connectivity index (χ1v) is 15.4. The minimum absolute atomic E-state index is 0.0174. The Morgan fingerprint density at radius 1 is 0.725 bits per heavy atom. The van der Waals surface area contributed by atoms with Crippen molar-refractivity contribution < 1.29 is 38.2 Å². The topological polar surface area (TPSA) is 102 Å². The number of carbonyl (C=O) groups is 3. The second-order valence-corrected chi connectivity index (χ2v) is 11.3. The van der Waals surface area contributed by atoms with Gasteiger partial charge in [-0.1, -0.05) is 70.3 Å². The molecule has 0 rings (SSSR count). The van der Waals surface area contributed by atoms with Gasteiger partial charge in [0.2, 0.25) is 0 Å². The van der Waals surface area contributed by atoms with Gasteiger partial charge in [0.05, 0.1) is 40.3 Å². The highest BCUT2D eigenvalue weighted by atomic mass is 16.6. The van der Waals surface area contributed by atoms with Gasteiger partial charge in [0.15, 0.2) is 6.10 Å². The third-order valence-electron chi connectivity index (χ3n) is 6.57. The molecular weight excluding hydrogens is 510 g/mol. The van der Waals surface area contributed by atoms with Crippen LogP contribution in [0.1, 0.15) is 110 Å². The lowest BCUT2D eigenvalue weighted by atomic mass is 10.1. The van der Waals surface area contributed by atoms with Crippen molar-refractivity contribution in [3.05, 3.63) is 24.3 Å². The maximum absolute atomic E-state index is 12.4. The van der Waals surface area contributed by atoms with E-state index in [0.29, 0.717) is 19.3 Å². The van der Waals surface area contributed by atoms with Crippen LogP contribution < -0.4 is 5.11 Å². The Bertz CT molecular complexity index is 727. The van der Waals surface area contributed by atoms with Crippen molar-refractivity contribution in [2.45, 2.75) is 122 Å². The van der Waals surface area contributed by atoms with Gasteiger partial charge in [0.25, 0.3) is 0 Å². The molecule has 0 aliphatic heterocycles. The smallest absolute Gasteiger partial charge is 0.306 e. The third kappa shape index (κ3) is 22.6. The Labute approximate surface area is 243 Å². The molecule has 0 aromatic heterocycles. The molecule has 8 heteroatoms. The molecule has 232 valence electrons. The molecule has 0 aliphatic carbocycles. The Hall–Kier alpha value is -2.19. The van der Waals surface area contributed by atoms with Gasteiger partial charge >= 0.3 is 11.9 Å². The summed E-state index contributed by atoms with van der Waals surface area (Å²) in [6.07, 6.45) is 21.1. The molecular formula is C32H57NO7. The molecule has 0 aromatic rings. The van der Waals surface area contributed by atoms with Gasteiger partial charge in [0.1, 0.15) is 12.6 Å². The summed E-state index contributed by atoms with van der Waals surface area (Å²) in [6.45, 7) is 4.44. The van der Waals surface area contributed by atoms with E-state index in [9.17, 15) is 19.5 Å². The number of allylic oxidation sites excluding steroid dienone is 4. The van der Waals surface area contributed by atoms with Crippen molar-refractivity contribution in [1.82, 2.24) is 0 Å². The number of likely N-dealkylation sites (N-methyl/N-ethyl adjacent to an activating group) is 1. The van der Waals surface area contributed by atoms with E-state index in [1.165, 1.54) is 38.5 Å². The van der Waals surface area contributed by atoms with Crippen molar-refractivity contribution in [1.29, 1.82) is 0 Å². The highest BCUT2D eigenvalue weighted by Gasteiger charge is 2.25. The largest absolute Gasteiger partial charge is 0.544 e. The van der Waals surface area contributed by atoms with Crippen molar-refractivity contribution in [3.63, 3.8) is 0 Å². The fraction of sp³-hybridized carbons (Fsp3) is 0.781. The second-order valence-electron chi connectivity index (χ2n) is 11.3. The number of nitrogens with zero attached hydrogens (tertiary/aromatic N) is 1. The summed E-state index contributed by atoms with van der Waals surface area (Å²) in [7, 11) is 5.35. The minimum Gasteiger partial charge on any atom is -0.544 e. The monoisotopic (exact) mass is 567 g/mol. The minimum atomic E-state index is -1.14. The first-order valence-electron chi connectivity index (χ1n) is 15.4. The highest BCUT2D eigenvalue weighted by molar-refractivity contribution is 5.70. The molecule has 40 heavy (non-hydrogen) atoms. The molecule has 0 fully saturated rings. The zero-order valence-electron chi connectivity index (χ0n) is 26.0. The fourth-order valence-electron chi connectivity index (χ4n) is 4.09. The zero-order chi connectivity index (χ0) is 30.1. The van der Waals surface area contributed by atoms with Crippen LogP contribution in [0.3, 0.4) is 0 Å². The van der Waals surface area contributed by atoms with Crippen LogP contribution in [-0.4, -0.2) is 75.5 Å². The number of carboxylic acids is 1. The predicted octanol–water partition coefficient (Wildman–Crippen LogP) is 5.29. The SMILES string of the molecule is CCCCC/C=C/CCC(=O)OC(COCCC(C(=O)[O-])[N+](C)(C)C)COC(=O)CCC/C=C/CCCCCC. The van der Waals surface area contributed by atoms with E-state index in [4.69, 9.17) is 14.2 Å². The summed E-state index contributed by atoms with van der Waals surface area (Å²) in [5.41, 5.74) is 0. The second kappa shape index (κ2) is 24.6. The van der Waals surface area contributed by atoms with E-state index in [2.05, 4.69) is 32.1 Å². The van der Waals surface area contributed by atoms with Gasteiger partial charge in [-0.3, -0.25) is 9.59 Å². The van der Waals surface area contributed by atoms with E-state index in [0.717, 1.165) is 25.7 Å². The summed E-state index contributed by atoms with van der Waals surface area (Å²) in [5.74, 6) is -1.86. The maximum Gasteiger partial charge on any atom is 0.306 e. The molecule has 2 atom stereocenters. The van der Waals surface area contributed by atoms with Crippen LogP contribution in [-0.2, 0) is 28.6 Å². The van der Waals surface area contributed by atoms with Crippen LogP contribution in [0.15, 0.2) is 24.3 Å². The molecule has 8 nitrogen and oxygen atoms in total. The molecule has 0 aliphatic rings. The van der Waals surface area contributed by atoms with Gasteiger partial charge < -0.3 is 28.6 Å². The molecule has 0 bridgehead atoms. The van der Waals surface area contributed by atoms with Crippen LogP contribution in [0.25, 0.3) is 0 Å². The number of hydrogen-bond donors (Lipinski definition) is 0. The predicted molar refractivity (Wildman–Crippen MR) is 157 cm³/mol. The van der Waals surface area contributed by atoms with Crippen LogP contribution >= 0.6 is 0 Å². The highest BCUT2D eigenvalue weighted by Crippen LogP contribution is 2.10. The van der Waals surface area contributed by atoms with Gasteiger partial charge in [-0.05, 0) is 44.9 Å². The summed E-state index contributed by atoms with van der Waals surface area (Å²) < 4.78 is 16.8. The number of esters is 2. The number of carbonyl (C=O) groups excluding carboxylic acids is 3. The average molecular weight is 568 g/mol. The molecule has 0 amide bonds. The molecule has 0 heterocycles. The molecule has 0 N–H and O–H groups in total. The number of unbranched alkanes of at least 4 members (excludes halogenated alkanes) is 8. The van der Waals surface area contributed by atoms with Crippen molar-refractivity contribution in [2.24, 2.45) is 0 Å². The third-order valence-corrected chi connectivity index (χ3v) is 6.57. The van der Waals surface area contributed by atoms with Crippen LogP contribution in [0.5, 0.6) is 0 Å². The first-order chi connectivity index (χ1) is 19.1. The fourth-order valence-corrected chi connectivity index (χ4v) is 4.09. The molecule has 0 saturated carbocycles. The molecule has 0 aromatic carbocycles. The van der Waals surface area contributed by atoms with E-state index >= 15 is 0 Å². The number of ether oxygens (including phenoxy) is 3. The average Bonchev–Trinajstić information content (AvgIpc) is 2.89. The maximum atomic E-state index is 12.4. The molecule has 0 spiro atoms. The van der Waals surface area contributed by atoms with Crippen molar-refractivity contribution in [2.75, 3.05) is 41.0 Å². The zero-order valence-corrected chi connectivity index (χ0v) is 26.0. The number of aliphatic carboxylic acids is 1. The van der Waals surface area contributed by atoms with Crippen LogP contribution in [0.4, 0.5) is 0 Å². The van der Waals surface area contributed by atoms with E-state index in [1.807, 2.05) is 6.08 Å². The molecule has 0 radical (unpaired) electrons. The first kappa shape index (κ1) is 37.8. The van der Waals surface area contributed by atoms with E-state index in [1.54, 1.807) is 21.1 Å². The summed E-state index contributed by atoms with van der Waals surface area (Å²) >= 11 is 0. The number of quaternary nitrogens is 1.